The molecule has 4 atom stereocenters. The van der Waals surface area contributed by atoms with E-state index in [1.165, 1.54) is 0 Å². The fraction of sp³-hybridized carbons (Fsp3) is 0.650. The second kappa shape index (κ2) is 6.83. The van der Waals surface area contributed by atoms with Crippen molar-refractivity contribution in [2.24, 2.45) is 11.8 Å². The van der Waals surface area contributed by atoms with Crippen molar-refractivity contribution < 1.29 is 19.4 Å². The summed E-state index contributed by atoms with van der Waals surface area (Å²) in [4.78, 5) is 17.2. The summed E-state index contributed by atoms with van der Waals surface area (Å²) in [5.74, 6) is -0.0482. The number of rotatable bonds is 2. The number of hydrogen-bond acceptors (Lipinski definition) is 5. The first-order valence-corrected chi connectivity index (χ1v) is 9.47. The van der Waals surface area contributed by atoms with E-state index in [2.05, 4.69) is 0 Å². The Bertz CT molecular complexity index is 662. The van der Waals surface area contributed by atoms with E-state index in [9.17, 15) is 9.90 Å². The van der Waals surface area contributed by atoms with Gasteiger partial charge in [0.2, 0.25) is 0 Å². The number of aliphatic hydroxyl groups is 1. The van der Waals surface area contributed by atoms with Gasteiger partial charge in [0.05, 0.1) is 18.8 Å². The Labute approximate surface area is 154 Å². The third-order valence-corrected chi connectivity index (χ3v) is 6.34. The summed E-state index contributed by atoms with van der Waals surface area (Å²) in [6.45, 7) is 2.79. The third-order valence-electron chi connectivity index (χ3n) is 6.34. The zero-order valence-electron chi connectivity index (χ0n) is 15.6. The Hall–Kier alpha value is -1.63. The number of anilines is 1. The second-order valence-corrected chi connectivity index (χ2v) is 7.95. The van der Waals surface area contributed by atoms with Gasteiger partial charge in [-0.15, -0.1) is 0 Å². The maximum Gasteiger partial charge on any atom is 0.254 e. The number of likely N-dealkylation sites (tertiary alicyclic amines) is 1. The molecular formula is C20H28N2O4. The predicted molar refractivity (Wildman–Crippen MR) is 98.4 cm³/mol. The van der Waals surface area contributed by atoms with E-state index >= 15 is 0 Å². The Kier molecular flexibility index (Phi) is 4.67. The van der Waals surface area contributed by atoms with Crippen LogP contribution in [0, 0.1) is 11.8 Å². The zero-order valence-corrected chi connectivity index (χ0v) is 15.6. The molecule has 4 rings (SSSR count). The van der Waals surface area contributed by atoms with Crippen molar-refractivity contribution in [1.29, 1.82) is 0 Å². The van der Waals surface area contributed by atoms with Crippen LogP contribution in [0.5, 0.6) is 0 Å². The first-order chi connectivity index (χ1) is 12.5. The molecule has 26 heavy (non-hydrogen) atoms. The molecule has 3 saturated heterocycles. The number of ether oxygens (including phenoxy) is 2. The van der Waals surface area contributed by atoms with Crippen LogP contribution >= 0.6 is 0 Å². The fourth-order valence-corrected chi connectivity index (χ4v) is 4.76. The van der Waals surface area contributed by atoms with Crippen molar-refractivity contribution in [1.82, 2.24) is 4.90 Å². The first-order valence-electron chi connectivity index (χ1n) is 9.47. The number of carbonyl (C=O) groups is 1. The van der Waals surface area contributed by atoms with E-state index in [4.69, 9.17) is 9.47 Å². The lowest BCUT2D eigenvalue weighted by Crippen LogP contribution is -2.68. The van der Waals surface area contributed by atoms with Gasteiger partial charge in [0.25, 0.3) is 5.91 Å². The van der Waals surface area contributed by atoms with E-state index in [1.54, 1.807) is 0 Å². The van der Waals surface area contributed by atoms with Crippen LogP contribution < -0.4 is 4.90 Å². The number of benzene rings is 1. The molecule has 142 valence electrons. The van der Waals surface area contributed by atoms with E-state index in [0.29, 0.717) is 45.0 Å². The predicted octanol–water partition coefficient (Wildman–Crippen LogP) is 1.38. The lowest BCUT2D eigenvalue weighted by molar-refractivity contribution is -0.212. The normalized spacial score (nSPS) is 34.0. The summed E-state index contributed by atoms with van der Waals surface area (Å²) in [6.07, 6.45) is 1.41. The summed E-state index contributed by atoms with van der Waals surface area (Å²) in [7, 11) is 3.97. The lowest BCUT2D eigenvalue weighted by Gasteiger charge is -2.57. The molecule has 0 unspecified atom stereocenters. The highest BCUT2D eigenvalue weighted by Gasteiger charge is 2.56. The van der Waals surface area contributed by atoms with Gasteiger partial charge >= 0.3 is 0 Å². The molecule has 3 heterocycles. The van der Waals surface area contributed by atoms with Crippen LogP contribution in [0.3, 0.4) is 0 Å². The van der Waals surface area contributed by atoms with E-state index in [-0.39, 0.29) is 23.8 Å². The standard InChI is InChI=1S/C20H28N2O4/c1-21(2)16-5-3-14(4-6-16)19(23)22-11-15-12-26-10-8-20(15,24)17-13-25-9-7-18(17)22/h3-6,15,17-18,24H,7-13H2,1-2H3/t15-,17+,18+,20-/m0/s1. The van der Waals surface area contributed by atoms with Crippen LogP contribution in [0.2, 0.25) is 0 Å². The van der Waals surface area contributed by atoms with Gasteiger partial charge in [0.15, 0.2) is 0 Å². The van der Waals surface area contributed by atoms with Crippen LogP contribution in [-0.4, -0.2) is 74.6 Å². The van der Waals surface area contributed by atoms with Gasteiger partial charge in [-0.2, -0.15) is 0 Å². The Morgan fingerprint density at radius 1 is 1.19 bits per heavy atom. The molecule has 0 spiro atoms. The Morgan fingerprint density at radius 2 is 1.92 bits per heavy atom. The number of amides is 1. The minimum Gasteiger partial charge on any atom is -0.389 e. The van der Waals surface area contributed by atoms with Gasteiger partial charge in [-0.3, -0.25) is 4.79 Å². The Balaban J connectivity index is 1.61. The highest BCUT2D eigenvalue weighted by Crippen LogP contribution is 2.44. The number of piperidine rings is 1. The van der Waals surface area contributed by atoms with Gasteiger partial charge in [0, 0.05) is 69.4 Å². The lowest BCUT2D eigenvalue weighted by atomic mass is 9.66. The maximum absolute atomic E-state index is 13.3. The van der Waals surface area contributed by atoms with Crippen LogP contribution in [-0.2, 0) is 9.47 Å². The molecule has 1 aromatic rings. The molecule has 6 heteroatoms. The molecule has 1 N–H and O–H groups in total. The monoisotopic (exact) mass is 360 g/mol. The average molecular weight is 360 g/mol. The van der Waals surface area contributed by atoms with E-state index < -0.39 is 5.60 Å². The molecule has 0 aromatic heterocycles. The van der Waals surface area contributed by atoms with Crippen LogP contribution in [0.15, 0.2) is 24.3 Å². The van der Waals surface area contributed by atoms with Crippen molar-refractivity contribution in [3.05, 3.63) is 29.8 Å². The van der Waals surface area contributed by atoms with Crippen molar-refractivity contribution in [3.8, 4) is 0 Å². The molecule has 0 radical (unpaired) electrons. The zero-order chi connectivity index (χ0) is 18.3. The molecule has 3 aliphatic heterocycles. The van der Waals surface area contributed by atoms with Crippen molar-refractivity contribution >= 4 is 11.6 Å². The average Bonchev–Trinajstić information content (AvgIpc) is 2.67. The van der Waals surface area contributed by atoms with Crippen molar-refractivity contribution in [2.45, 2.75) is 24.5 Å². The second-order valence-electron chi connectivity index (χ2n) is 7.95. The smallest absolute Gasteiger partial charge is 0.254 e. The van der Waals surface area contributed by atoms with Crippen molar-refractivity contribution in [2.75, 3.05) is 52.0 Å². The summed E-state index contributed by atoms with van der Waals surface area (Å²) in [5.41, 5.74) is 0.983. The molecule has 0 aliphatic carbocycles. The fourth-order valence-electron chi connectivity index (χ4n) is 4.76. The van der Waals surface area contributed by atoms with Crippen LogP contribution in [0.4, 0.5) is 5.69 Å². The first kappa shape index (κ1) is 17.8. The van der Waals surface area contributed by atoms with Gasteiger partial charge in [-0.25, -0.2) is 0 Å². The Morgan fingerprint density at radius 3 is 2.65 bits per heavy atom. The third kappa shape index (κ3) is 2.90. The van der Waals surface area contributed by atoms with Gasteiger partial charge in [-0.1, -0.05) is 0 Å². The van der Waals surface area contributed by atoms with Gasteiger partial charge in [0.1, 0.15) is 0 Å². The molecule has 1 aromatic carbocycles. The molecule has 6 nitrogen and oxygen atoms in total. The summed E-state index contributed by atoms with van der Waals surface area (Å²) < 4.78 is 11.3. The summed E-state index contributed by atoms with van der Waals surface area (Å²) in [5, 5.41) is 11.4. The quantitative estimate of drug-likeness (QED) is 0.863. The van der Waals surface area contributed by atoms with Gasteiger partial charge in [-0.05, 0) is 30.7 Å². The van der Waals surface area contributed by atoms with Crippen molar-refractivity contribution in [3.63, 3.8) is 0 Å². The molecule has 3 fully saturated rings. The number of fused-ring (bicyclic) bond motifs is 3. The van der Waals surface area contributed by atoms with E-state index in [1.807, 2.05) is 48.2 Å². The minimum atomic E-state index is -0.783. The molecule has 1 amide bonds. The largest absolute Gasteiger partial charge is 0.389 e. The molecular weight excluding hydrogens is 332 g/mol. The van der Waals surface area contributed by atoms with Gasteiger partial charge < -0.3 is 24.4 Å². The number of carbonyl (C=O) groups excluding carboxylic acids is 1. The molecule has 3 aliphatic rings. The summed E-state index contributed by atoms with van der Waals surface area (Å²) in [6, 6.07) is 7.76. The van der Waals surface area contributed by atoms with Crippen LogP contribution in [0.1, 0.15) is 23.2 Å². The van der Waals surface area contributed by atoms with E-state index in [0.717, 1.165) is 12.1 Å². The SMILES string of the molecule is CN(C)c1ccc(C(=O)N2C[C@H]3COCC[C@@]3(O)[C@@H]3COCC[C@H]32)cc1. The molecule has 0 bridgehead atoms. The maximum atomic E-state index is 13.3. The highest BCUT2D eigenvalue weighted by molar-refractivity contribution is 5.95. The summed E-state index contributed by atoms with van der Waals surface area (Å²) >= 11 is 0. The minimum absolute atomic E-state index is 0.0316. The number of hydrogen-bond donors (Lipinski definition) is 1. The highest BCUT2D eigenvalue weighted by atomic mass is 16.5. The number of nitrogens with zero attached hydrogens (tertiary/aromatic N) is 2. The van der Waals surface area contributed by atoms with Crippen LogP contribution in [0.25, 0.3) is 0 Å². The molecule has 0 saturated carbocycles. The topological polar surface area (TPSA) is 62.2 Å².